The highest BCUT2D eigenvalue weighted by atomic mass is 35.5. The Labute approximate surface area is 202 Å². The normalized spacial score (nSPS) is 21.7. The van der Waals surface area contributed by atoms with Crippen LogP contribution in [0.3, 0.4) is 0 Å². The van der Waals surface area contributed by atoms with Crippen molar-refractivity contribution in [2.75, 3.05) is 13.2 Å². The summed E-state index contributed by atoms with van der Waals surface area (Å²) in [6, 6.07) is 11.4. The standard InChI is InChI=1S/C24H27Cl2FN2O4/c1-23(28-21(30)8-9-32-12-16-4-3-5-17(25)10-16)14-24(2,15-23)29-22(31)13-33-18-6-7-19(26)20(27)11-18/h3-7,10-11H,8-9,12-15H2,1-2H3,(H,28,30)(H,29,31). The zero-order valence-electron chi connectivity index (χ0n) is 18.6. The summed E-state index contributed by atoms with van der Waals surface area (Å²) in [5.74, 6) is -0.817. The highest BCUT2D eigenvalue weighted by Gasteiger charge is 2.50. The van der Waals surface area contributed by atoms with Gasteiger partial charge in [0.1, 0.15) is 11.6 Å². The zero-order chi connectivity index (χ0) is 24.1. The summed E-state index contributed by atoms with van der Waals surface area (Å²) in [7, 11) is 0. The van der Waals surface area contributed by atoms with Crippen molar-refractivity contribution in [2.45, 2.75) is 50.8 Å². The number of rotatable bonds is 10. The number of amides is 2. The Kier molecular flexibility index (Phi) is 8.21. The predicted octanol–water partition coefficient (Wildman–Crippen LogP) is 4.66. The molecule has 0 atom stereocenters. The van der Waals surface area contributed by atoms with E-state index < -0.39 is 16.9 Å². The molecule has 1 aliphatic rings. The number of benzene rings is 2. The average molecular weight is 497 g/mol. The molecule has 0 bridgehead atoms. The second kappa shape index (κ2) is 10.7. The maximum atomic E-state index is 13.5. The van der Waals surface area contributed by atoms with Crippen LogP contribution in [0, 0.1) is 5.82 Å². The molecule has 0 radical (unpaired) electrons. The lowest BCUT2D eigenvalue weighted by molar-refractivity contribution is -0.129. The van der Waals surface area contributed by atoms with Crippen molar-refractivity contribution in [1.82, 2.24) is 10.6 Å². The van der Waals surface area contributed by atoms with Gasteiger partial charge in [-0.2, -0.15) is 0 Å². The summed E-state index contributed by atoms with van der Waals surface area (Å²) in [5, 5.41) is 6.58. The van der Waals surface area contributed by atoms with Crippen LogP contribution >= 0.6 is 23.2 Å². The van der Waals surface area contributed by atoms with Crippen molar-refractivity contribution in [2.24, 2.45) is 0 Å². The monoisotopic (exact) mass is 496 g/mol. The van der Waals surface area contributed by atoms with Gasteiger partial charge in [0.05, 0.1) is 18.2 Å². The molecule has 0 unspecified atom stereocenters. The van der Waals surface area contributed by atoms with E-state index >= 15 is 0 Å². The van der Waals surface area contributed by atoms with Crippen LogP contribution in [-0.4, -0.2) is 36.1 Å². The van der Waals surface area contributed by atoms with E-state index in [0.717, 1.165) is 11.6 Å². The number of hydrogen-bond donors (Lipinski definition) is 2. The summed E-state index contributed by atoms with van der Waals surface area (Å²) < 4.78 is 24.3. The molecule has 0 aliphatic heterocycles. The van der Waals surface area contributed by atoms with Crippen LogP contribution in [0.2, 0.25) is 10.0 Å². The summed E-state index contributed by atoms with van der Waals surface area (Å²) >= 11 is 11.6. The van der Waals surface area contributed by atoms with E-state index in [-0.39, 0.29) is 35.6 Å². The summed E-state index contributed by atoms with van der Waals surface area (Å²) in [6.07, 6.45) is 1.40. The maximum Gasteiger partial charge on any atom is 0.258 e. The van der Waals surface area contributed by atoms with Crippen LogP contribution in [0.25, 0.3) is 0 Å². The van der Waals surface area contributed by atoms with Gasteiger partial charge in [0.2, 0.25) is 5.91 Å². The van der Waals surface area contributed by atoms with Crippen LogP contribution in [0.5, 0.6) is 5.75 Å². The van der Waals surface area contributed by atoms with Gasteiger partial charge in [-0.1, -0.05) is 35.3 Å². The van der Waals surface area contributed by atoms with Gasteiger partial charge in [-0.25, -0.2) is 4.39 Å². The third-order valence-corrected chi connectivity index (χ3v) is 5.88. The molecule has 33 heavy (non-hydrogen) atoms. The minimum Gasteiger partial charge on any atom is -0.484 e. The van der Waals surface area contributed by atoms with E-state index in [2.05, 4.69) is 10.6 Å². The molecular weight excluding hydrogens is 470 g/mol. The lowest BCUT2D eigenvalue weighted by Gasteiger charge is -2.53. The lowest BCUT2D eigenvalue weighted by atomic mass is 9.64. The van der Waals surface area contributed by atoms with Gasteiger partial charge >= 0.3 is 0 Å². The Balaban J connectivity index is 1.34. The van der Waals surface area contributed by atoms with E-state index in [1.807, 2.05) is 32.0 Å². The first-order valence-corrected chi connectivity index (χ1v) is 11.3. The Morgan fingerprint density at radius 2 is 1.73 bits per heavy atom. The van der Waals surface area contributed by atoms with Crippen molar-refractivity contribution in [3.63, 3.8) is 0 Å². The number of halogens is 3. The highest BCUT2D eigenvalue weighted by molar-refractivity contribution is 6.31. The SMILES string of the molecule is CC1(NC(=O)CCOCc2cccc(Cl)c2)CC(C)(NC(=O)COc2ccc(Cl)c(F)c2)C1. The minimum atomic E-state index is -0.609. The van der Waals surface area contributed by atoms with E-state index in [4.69, 9.17) is 32.7 Å². The quantitative estimate of drug-likeness (QED) is 0.469. The highest BCUT2D eigenvalue weighted by Crippen LogP contribution is 2.41. The van der Waals surface area contributed by atoms with Crippen molar-refractivity contribution >= 4 is 35.0 Å². The van der Waals surface area contributed by atoms with Crippen molar-refractivity contribution in [3.8, 4) is 5.75 Å². The molecule has 1 aliphatic carbocycles. The van der Waals surface area contributed by atoms with Gasteiger partial charge in [-0.3, -0.25) is 9.59 Å². The Bertz CT molecular complexity index is 1010. The third kappa shape index (κ3) is 7.59. The molecule has 3 rings (SSSR count). The van der Waals surface area contributed by atoms with Crippen LogP contribution < -0.4 is 15.4 Å². The van der Waals surface area contributed by atoms with Crippen LogP contribution in [0.4, 0.5) is 4.39 Å². The summed E-state index contributed by atoms with van der Waals surface area (Å²) in [4.78, 5) is 24.6. The number of carbonyl (C=O) groups excluding carboxylic acids is 2. The number of nitrogens with one attached hydrogen (secondary N) is 2. The molecule has 2 aromatic rings. The predicted molar refractivity (Wildman–Crippen MR) is 125 cm³/mol. The first kappa shape index (κ1) is 25.3. The molecule has 0 spiro atoms. The van der Waals surface area contributed by atoms with Crippen molar-refractivity contribution < 1.29 is 23.5 Å². The molecule has 1 fully saturated rings. The molecule has 0 heterocycles. The van der Waals surface area contributed by atoms with Gasteiger partial charge in [-0.15, -0.1) is 0 Å². The molecule has 1 saturated carbocycles. The fraction of sp³-hybridized carbons (Fsp3) is 0.417. The van der Waals surface area contributed by atoms with Gasteiger partial charge in [0.25, 0.3) is 5.91 Å². The Morgan fingerprint density at radius 1 is 1.03 bits per heavy atom. The largest absolute Gasteiger partial charge is 0.484 e. The number of ether oxygens (including phenoxy) is 2. The van der Waals surface area contributed by atoms with Gasteiger partial charge in [0.15, 0.2) is 6.61 Å². The Hall–Kier alpha value is -2.35. The second-order valence-electron chi connectivity index (χ2n) is 8.87. The van der Waals surface area contributed by atoms with Crippen molar-refractivity contribution in [1.29, 1.82) is 0 Å². The smallest absolute Gasteiger partial charge is 0.258 e. The molecular formula is C24H27Cl2FN2O4. The van der Waals surface area contributed by atoms with E-state index in [9.17, 15) is 14.0 Å². The minimum absolute atomic E-state index is 0.0113. The first-order chi connectivity index (χ1) is 15.6. The van der Waals surface area contributed by atoms with Crippen molar-refractivity contribution in [3.05, 3.63) is 63.9 Å². The topological polar surface area (TPSA) is 76.7 Å². The molecule has 0 aromatic heterocycles. The fourth-order valence-electron chi connectivity index (χ4n) is 4.32. The van der Waals surface area contributed by atoms with Gasteiger partial charge < -0.3 is 20.1 Å². The van der Waals surface area contributed by atoms with Crippen LogP contribution in [-0.2, 0) is 20.9 Å². The number of hydrogen-bond acceptors (Lipinski definition) is 4. The van der Waals surface area contributed by atoms with Gasteiger partial charge in [0, 0.05) is 28.6 Å². The maximum absolute atomic E-state index is 13.5. The van der Waals surface area contributed by atoms with E-state index in [0.29, 0.717) is 31.1 Å². The molecule has 2 N–H and O–H groups in total. The lowest BCUT2D eigenvalue weighted by Crippen LogP contribution is -2.68. The molecule has 6 nitrogen and oxygen atoms in total. The molecule has 2 amide bonds. The van der Waals surface area contributed by atoms with E-state index in [1.54, 1.807) is 6.07 Å². The zero-order valence-corrected chi connectivity index (χ0v) is 20.1. The number of carbonyl (C=O) groups is 2. The summed E-state index contributed by atoms with van der Waals surface area (Å²) in [6.45, 7) is 4.29. The second-order valence-corrected chi connectivity index (χ2v) is 9.71. The molecule has 0 saturated heterocycles. The molecule has 9 heteroatoms. The van der Waals surface area contributed by atoms with Gasteiger partial charge in [-0.05, 0) is 56.5 Å². The fourth-order valence-corrected chi connectivity index (χ4v) is 4.65. The molecule has 2 aromatic carbocycles. The first-order valence-electron chi connectivity index (χ1n) is 10.6. The average Bonchev–Trinajstić information content (AvgIpc) is 2.71. The third-order valence-electron chi connectivity index (χ3n) is 5.34. The van der Waals surface area contributed by atoms with Crippen LogP contribution in [0.15, 0.2) is 42.5 Å². The molecule has 178 valence electrons. The Morgan fingerprint density at radius 3 is 2.39 bits per heavy atom. The summed E-state index contributed by atoms with van der Waals surface area (Å²) in [5.41, 5.74) is 0.0776. The van der Waals surface area contributed by atoms with Crippen LogP contribution in [0.1, 0.15) is 38.7 Å². The van der Waals surface area contributed by atoms with E-state index in [1.165, 1.54) is 12.1 Å².